The third-order valence-corrected chi connectivity index (χ3v) is 5.10. The summed E-state index contributed by atoms with van der Waals surface area (Å²) >= 11 is 1.77. The number of thiophene rings is 1. The highest BCUT2D eigenvalue weighted by Gasteiger charge is 2.22. The van der Waals surface area contributed by atoms with Gasteiger partial charge in [-0.2, -0.15) is 0 Å². The zero-order chi connectivity index (χ0) is 17.5. The molecule has 24 heavy (non-hydrogen) atoms. The average Bonchev–Trinajstić information content (AvgIpc) is 2.87. The first-order valence-electron chi connectivity index (χ1n) is 7.74. The molecule has 0 aliphatic rings. The number of guanidine groups is 1. The van der Waals surface area contributed by atoms with Gasteiger partial charge in [0.1, 0.15) is 0 Å². The number of halogens is 1. The fourth-order valence-corrected chi connectivity index (χ4v) is 4.00. The van der Waals surface area contributed by atoms with Crippen LogP contribution in [0.25, 0.3) is 0 Å². The third-order valence-electron chi connectivity index (χ3n) is 2.96. The van der Waals surface area contributed by atoms with E-state index in [2.05, 4.69) is 39.4 Å². The molecule has 0 radical (unpaired) electrons. The lowest BCUT2D eigenvalue weighted by Crippen LogP contribution is -2.53. The molecule has 0 aliphatic heterocycles. The smallest absolute Gasteiger partial charge is 0.209 e. The minimum atomic E-state index is -3.25. The second-order valence-corrected chi connectivity index (χ2v) is 9.03. The molecule has 0 saturated carbocycles. The van der Waals surface area contributed by atoms with Crippen LogP contribution in [0.1, 0.15) is 37.4 Å². The quantitative estimate of drug-likeness (QED) is 0.298. The fraction of sp³-hybridized carbons (Fsp3) is 0.667. The summed E-state index contributed by atoms with van der Waals surface area (Å²) in [6, 6.07) is 4.24. The molecule has 140 valence electrons. The van der Waals surface area contributed by atoms with E-state index in [9.17, 15) is 8.42 Å². The average molecular weight is 488 g/mol. The van der Waals surface area contributed by atoms with Crippen LogP contribution in [-0.2, 0) is 23.0 Å². The van der Waals surface area contributed by atoms with Crippen LogP contribution in [0.3, 0.4) is 0 Å². The summed E-state index contributed by atoms with van der Waals surface area (Å²) in [6.07, 6.45) is 2.20. The number of sulfonamides is 1. The highest BCUT2D eigenvalue weighted by Crippen LogP contribution is 2.17. The van der Waals surface area contributed by atoms with Gasteiger partial charge in [-0.15, -0.1) is 35.3 Å². The molecule has 0 spiro atoms. The summed E-state index contributed by atoms with van der Waals surface area (Å²) in [5.74, 6) is 0.683. The van der Waals surface area contributed by atoms with E-state index in [4.69, 9.17) is 0 Å². The molecule has 1 heterocycles. The van der Waals surface area contributed by atoms with Crippen molar-refractivity contribution in [3.05, 3.63) is 21.9 Å². The normalized spacial score (nSPS) is 12.6. The highest BCUT2D eigenvalue weighted by atomic mass is 127. The number of hydrogen-bond acceptors (Lipinski definition) is 4. The Morgan fingerprint density at radius 1 is 1.21 bits per heavy atom. The molecule has 3 N–H and O–H groups in total. The molecule has 0 saturated heterocycles. The zero-order valence-electron chi connectivity index (χ0n) is 15.0. The van der Waals surface area contributed by atoms with Crippen molar-refractivity contribution in [2.45, 2.75) is 46.2 Å². The summed E-state index contributed by atoms with van der Waals surface area (Å²) < 4.78 is 25.4. The van der Waals surface area contributed by atoms with E-state index in [1.165, 1.54) is 9.75 Å². The van der Waals surface area contributed by atoms with Crippen LogP contribution in [0.2, 0.25) is 0 Å². The van der Waals surface area contributed by atoms with Crippen molar-refractivity contribution in [2.75, 3.05) is 19.3 Å². The van der Waals surface area contributed by atoms with Crippen molar-refractivity contribution in [1.29, 1.82) is 0 Å². The van der Waals surface area contributed by atoms with Crippen molar-refractivity contribution in [3.63, 3.8) is 0 Å². The lowest BCUT2D eigenvalue weighted by molar-refractivity contribution is 0.446. The van der Waals surface area contributed by atoms with Crippen LogP contribution in [0.15, 0.2) is 17.1 Å². The van der Waals surface area contributed by atoms with Gasteiger partial charge in [0, 0.05) is 28.4 Å². The van der Waals surface area contributed by atoms with E-state index in [1.807, 2.05) is 20.8 Å². The molecule has 0 atom stereocenters. The van der Waals surface area contributed by atoms with Crippen LogP contribution in [-0.4, -0.2) is 39.3 Å². The molecule has 1 rings (SSSR count). The molecule has 0 unspecified atom stereocenters. The Morgan fingerprint density at radius 3 is 2.33 bits per heavy atom. The van der Waals surface area contributed by atoms with Gasteiger partial charge in [0.15, 0.2) is 5.96 Å². The topological polar surface area (TPSA) is 82.6 Å². The monoisotopic (exact) mass is 488 g/mol. The Hall–Kier alpha value is -0.390. The van der Waals surface area contributed by atoms with Gasteiger partial charge in [-0.3, -0.25) is 0 Å². The number of rotatable bonds is 8. The Kier molecular flexibility index (Phi) is 10.4. The van der Waals surface area contributed by atoms with E-state index in [0.717, 1.165) is 19.2 Å². The summed E-state index contributed by atoms with van der Waals surface area (Å²) in [5.41, 5.74) is -0.595. The van der Waals surface area contributed by atoms with Gasteiger partial charge in [-0.25, -0.2) is 18.1 Å². The van der Waals surface area contributed by atoms with Crippen LogP contribution < -0.4 is 15.4 Å². The van der Waals surface area contributed by atoms with Gasteiger partial charge in [0.2, 0.25) is 10.0 Å². The van der Waals surface area contributed by atoms with E-state index in [-0.39, 0.29) is 24.0 Å². The maximum Gasteiger partial charge on any atom is 0.209 e. The number of aryl methyl sites for hydroxylation is 1. The predicted octanol–water partition coefficient (Wildman–Crippen LogP) is 2.31. The molecule has 0 amide bonds. The maximum absolute atomic E-state index is 11.4. The number of hydrogen-bond donors (Lipinski definition) is 3. The van der Waals surface area contributed by atoms with Crippen LogP contribution in [0, 0.1) is 0 Å². The van der Waals surface area contributed by atoms with Gasteiger partial charge < -0.3 is 10.6 Å². The van der Waals surface area contributed by atoms with E-state index in [1.54, 1.807) is 11.3 Å². The minimum Gasteiger partial charge on any atom is -0.357 e. The third kappa shape index (κ3) is 9.80. The van der Waals surface area contributed by atoms with Gasteiger partial charge in [0.25, 0.3) is 0 Å². The minimum absolute atomic E-state index is 0. The van der Waals surface area contributed by atoms with Crippen molar-refractivity contribution >= 4 is 51.3 Å². The zero-order valence-corrected chi connectivity index (χ0v) is 18.9. The van der Waals surface area contributed by atoms with Gasteiger partial charge in [-0.1, -0.05) is 6.92 Å². The molecule has 1 aromatic rings. The van der Waals surface area contributed by atoms with E-state index < -0.39 is 15.6 Å². The van der Waals surface area contributed by atoms with Gasteiger partial charge >= 0.3 is 0 Å². The van der Waals surface area contributed by atoms with Gasteiger partial charge in [0.05, 0.1) is 12.8 Å². The Labute approximate surface area is 167 Å². The van der Waals surface area contributed by atoms with Crippen LogP contribution in [0.5, 0.6) is 0 Å². The molecule has 1 aromatic heterocycles. The van der Waals surface area contributed by atoms with Crippen LogP contribution in [0.4, 0.5) is 0 Å². The first-order chi connectivity index (χ1) is 10.6. The van der Waals surface area contributed by atoms with Crippen molar-refractivity contribution in [2.24, 2.45) is 4.99 Å². The highest BCUT2D eigenvalue weighted by molar-refractivity contribution is 14.0. The molecule has 6 nitrogen and oxygen atoms in total. The molecule has 0 fully saturated rings. The number of aliphatic imine (C=N–C) groups is 1. The molecule has 9 heteroatoms. The summed E-state index contributed by atoms with van der Waals surface area (Å²) in [6.45, 7) is 9.60. The maximum atomic E-state index is 11.4. The number of nitrogens with one attached hydrogen (secondary N) is 3. The van der Waals surface area contributed by atoms with Crippen molar-refractivity contribution in [3.8, 4) is 0 Å². The summed E-state index contributed by atoms with van der Waals surface area (Å²) in [4.78, 5) is 7.13. The lowest BCUT2D eigenvalue weighted by Gasteiger charge is -2.26. The molecular formula is C15H29IN4O2S2. The lowest BCUT2D eigenvalue weighted by atomic mass is 10.1. The standard InChI is InChI=1S/C15H28N4O2S2.HI/c1-6-12-8-9-13(22-12)10-17-14(16-7-2)18-11-15(3,4)19-23(5,20)21;/h8-9,19H,6-7,10-11H2,1-5H3,(H2,16,17,18);1H. The Morgan fingerprint density at radius 2 is 1.83 bits per heavy atom. The second kappa shape index (κ2) is 10.6. The molecule has 0 bridgehead atoms. The number of nitrogens with zero attached hydrogens (tertiary/aromatic N) is 1. The first kappa shape index (κ1) is 23.6. The Bertz CT molecular complexity index is 627. The van der Waals surface area contributed by atoms with Crippen molar-refractivity contribution < 1.29 is 8.42 Å². The largest absolute Gasteiger partial charge is 0.357 e. The first-order valence-corrected chi connectivity index (χ1v) is 10.4. The summed E-state index contributed by atoms with van der Waals surface area (Å²) in [5, 5.41) is 6.37. The predicted molar refractivity (Wildman–Crippen MR) is 114 cm³/mol. The molecule has 0 aliphatic carbocycles. The molecular weight excluding hydrogens is 459 g/mol. The van der Waals surface area contributed by atoms with E-state index in [0.29, 0.717) is 19.0 Å². The second-order valence-electron chi connectivity index (χ2n) is 6.03. The van der Waals surface area contributed by atoms with E-state index >= 15 is 0 Å². The molecule has 0 aromatic carbocycles. The SMILES string of the molecule is CCNC(=NCc1ccc(CC)s1)NCC(C)(C)NS(C)(=O)=O.I. The Balaban J connectivity index is 0.00000529. The summed E-state index contributed by atoms with van der Waals surface area (Å²) in [7, 11) is -3.25. The van der Waals surface area contributed by atoms with Crippen molar-refractivity contribution in [1.82, 2.24) is 15.4 Å². The fourth-order valence-electron chi connectivity index (χ4n) is 2.04. The van der Waals surface area contributed by atoms with Crippen LogP contribution >= 0.6 is 35.3 Å². The van der Waals surface area contributed by atoms with Gasteiger partial charge in [-0.05, 0) is 39.3 Å².